The predicted molar refractivity (Wildman–Crippen MR) is 160 cm³/mol. The van der Waals surface area contributed by atoms with Gasteiger partial charge in [0.05, 0.1) is 18.5 Å². The quantitative estimate of drug-likeness (QED) is 0.202. The maximum absolute atomic E-state index is 12.8. The van der Waals surface area contributed by atoms with Crippen molar-refractivity contribution < 1.29 is 27.4 Å². The first-order chi connectivity index (χ1) is 21.0. The Balaban J connectivity index is 1.26. The molecule has 0 atom stereocenters. The highest BCUT2D eigenvalue weighted by molar-refractivity contribution is 7.07. The molecule has 5 aromatic rings. The van der Waals surface area contributed by atoms with Crippen LogP contribution < -0.4 is 19.6 Å². The Kier molecular flexibility index (Phi) is 8.86. The molecule has 5 rings (SSSR count). The van der Waals surface area contributed by atoms with Gasteiger partial charge in [-0.1, -0.05) is 44.2 Å². The molecule has 0 unspecified atom stereocenters. The van der Waals surface area contributed by atoms with Crippen LogP contribution in [0.2, 0.25) is 0 Å². The molecule has 0 spiro atoms. The van der Waals surface area contributed by atoms with E-state index in [0.717, 1.165) is 33.8 Å². The second-order valence-corrected chi connectivity index (χ2v) is 10.9. The first-order valence-electron chi connectivity index (χ1n) is 13.6. The van der Waals surface area contributed by atoms with Crippen molar-refractivity contribution in [2.24, 2.45) is 4.99 Å². The second-order valence-electron chi connectivity index (χ2n) is 10.1. The third-order valence-electron chi connectivity index (χ3n) is 6.66. The zero-order valence-corrected chi connectivity index (χ0v) is 25.1. The molecule has 0 saturated carbocycles. The van der Waals surface area contributed by atoms with Crippen molar-refractivity contribution in [3.8, 4) is 34.3 Å². The van der Waals surface area contributed by atoms with Crippen molar-refractivity contribution in [1.82, 2.24) is 24.6 Å². The molecule has 13 heteroatoms. The minimum atomic E-state index is -4.76. The van der Waals surface area contributed by atoms with Crippen molar-refractivity contribution in [1.29, 1.82) is 0 Å². The lowest BCUT2D eigenvalue weighted by atomic mass is 10.0. The molecule has 0 radical (unpaired) electrons. The maximum atomic E-state index is 12.8. The number of carbonyl (C=O) groups excluding carboxylic acids is 1. The van der Waals surface area contributed by atoms with Gasteiger partial charge in [0.25, 0.3) is 0 Å². The number of ether oxygens (including phenoxy) is 2. The van der Waals surface area contributed by atoms with Crippen LogP contribution in [-0.4, -0.2) is 38.8 Å². The number of aryl methyl sites for hydroxylation is 1. The molecule has 0 saturated heterocycles. The first-order valence-corrected chi connectivity index (χ1v) is 14.4. The summed E-state index contributed by atoms with van der Waals surface area (Å²) in [5, 5.41) is 9.22. The van der Waals surface area contributed by atoms with Crippen molar-refractivity contribution in [2.45, 2.75) is 39.6 Å². The molecule has 1 N–H and O–H groups in total. The number of halogens is 3. The summed E-state index contributed by atoms with van der Waals surface area (Å²) >= 11 is 1.38. The molecule has 44 heavy (non-hydrogen) atoms. The third-order valence-corrected chi connectivity index (χ3v) is 7.60. The molecule has 2 amide bonds. The van der Waals surface area contributed by atoms with E-state index in [1.807, 2.05) is 59.3 Å². The largest absolute Gasteiger partial charge is 0.573 e. The molecule has 9 nitrogen and oxygen atoms in total. The summed E-state index contributed by atoms with van der Waals surface area (Å²) in [6, 6.07) is 18.1. The van der Waals surface area contributed by atoms with Gasteiger partial charge in [-0.3, -0.25) is 4.57 Å². The fourth-order valence-corrected chi connectivity index (χ4v) is 5.36. The molecule has 0 bridgehead atoms. The van der Waals surface area contributed by atoms with Crippen LogP contribution in [0.4, 0.5) is 18.0 Å². The van der Waals surface area contributed by atoms with Crippen LogP contribution in [0.3, 0.4) is 0 Å². The molecular weight excluding hydrogens is 593 g/mol. The summed E-state index contributed by atoms with van der Waals surface area (Å²) in [5.41, 5.74) is 5.09. The fraction of sp³-hybridized carbons (Fsp3) is 0.226. The lowest BCUT2D eigenvalue weighted by molar-refractivity contribution is -0.274. The van der Waals surface area contributed by atoms with Crippen molar-refractivity contribution in [2.75, 3.05) is 7.11 Å². The molecule has 0 fully saturated rings. The lowest BCUT2D eigenvalue weighted by Crippen LogP contribution is -2.24. The van der Waals surface area contributed by atoms with E-state index in [9.17, 15) is 18.0 Å². The zero-order valence-electron chi connectivity index (χ0n) is 24.3. The van der Waals surface area contributed by atoms with Crippen molar-refractivity contribution >= 4 is 17.4 Å². The Hall–Kier alpha value is -4.91. The van der Waals surface area contributed by atoms with Gasteiger partial charge in [0.15, 0.2) is 10.6 Å². The monoisotopic (exact) mass is 622 g/mol. The Morgan fingerprint density at radius 3 is 2.41 bits per heavy atom. The molecule has 2 aromatic heterocycles. The van der Waals surface area contributed by atoms with Gasteiger partial charge in [-0.05, 0) is 54.3 Å². The number of rotatable bonds is 8. The highest BCUT2D eigenvalue weighted by atomic mass is 32.1. The summed E-state index contributed by atoms with van der Waals surface area (Å²) in [7, 11) is 1.62. The van der Waals surface area contributed by atoms with E-state index < -0.39 is 12.4 Å². The number of methoxy groups -OCH3 is 1. The normalized spacial score (nSPS) is 12.0. The summed E-state index contributed by atoms with van der Waals surface area (Å²) < 4.78 is 50.0. The van der Waals surface area contributed by atoms with Gasteiger partial charge in [0.2, 0.25) is 0 Å². The third kappa shape index (κ3) is 7.17. The minimum Gasteiger partial charge on any atom is -0.497 e. The van der Waals surface area contributed by atoms with Crippen LogP contribution in [0, 0.1) is 6.92 Å². The summed E-state index contributed by atoms with van der Waals surface area (Å²) in [4.78, 5) is 22.0. The standard InChI is InChI=1S/C31H29F3N6O3S/c1-19(2)26-14-13-25(42-4)15-27(26)40-20(3)17-44-30(40)37-29(41)35-16-21-5-7-22(8-6-21)28-36-18-39(38-28)23-9-11-24(12-10-23)43-31(32,33)34/h5-15,17-19H,16H2,1-4H3,(H,35,41)/b37-30-. The molecule has 2 heterocycles. The predicted octanol–water partition coefficient (Wildman–Crippen LogP) is 6.94. The first kappa shape index (κ1) is 30.5. The highest BCUT2D eigenvalue weighted by Gasteiger charge is 2.31. The SMILES string of the molecule is COc1ccc(C(C)C)c(-n2c(C)cs/c2=N\C(=O)NCc2ccc(-c3ncn(-c4ccc(OC(F)(F)F)cc4)n3)cc2)c1. The number of aromatic nitrogens is 4. The number of benzene rings is 3. The van der Waals surface area contributed by atoms with Gasteiger partial charge in [-0.2, -0.15) is 4.99 Å². The van der Waals surface area contributed by atoms with E-state index in [4.69, 9.17) is 4.74 Å². The van der Waals surface area contributed by atoms with Gasteiger partial charge < -0.3 is 14.8 Å². The molecule has 0 aliphatic rings. The summed E-state index contributed by atoms with van der Waals surface area (Å²) in [5.74, 6) is 1.09. The van der Waals surface area contributed by atoms with E-state index in [1.54, 1.807) is 7.11 Å². The number of hydrogen-bond donors (Lipinski definition) is 1. The Morgan fingerprint density at radius 2 is 1.75 bits per heavy atom. The smallest absolute Gasteiger partial charge is 0.497 e. The number of amides is 2. The Labute approximate surface area is 255 Å². The number of hydrogen-bond acceptors (Lipinski definition) is 6. The van der Waals surface area contributed by atoms with Crippen LogP contribution in [0.15, 0.2) is 83.4 Å². The summed E-state index contributed by atoms with van der Waals surface area (Å²) in [6.45, 7) is 6.46. The summed E-state index contributed by atoms with van der Waals surface area (Å²) in [6.07, 6.45) is -3.29. The van der Waals surface area contributed by atoms with E-state index in [0.29, 0.717) is 16.3 Å². The van der Waals surface area contributed by atoms with Crippen LogP contribution in [0.25, 0.3) is 22.8 Å². The average molecular weight is 623 g/mol. The zero-order chi connectivity index (χ0) is 31.4. The van der Waals surface area contributed by atoms with Crippen molar-refractivity contribution in [3.05, 3.63) is 100 Å². The molecule has 3 aromatic carbocycles. The number of thiazole rings is 1. The highest BCUT2D eigenvalue weighted by Crippen LogP contribution is 2.28. The molecule has 228 valence electrons. The number of nitrogens with one attached hydrogen (secondary N) is 1. The van der Waals surface area contributed by atoms with Gasteiger partial charge in [-0.15, -0.1) is 29.6 Å². The Morgan fingerprint density at radius 1 is 1.05 bits per heavy atom. The molecule has 0 aliphatic carbocycles. The van der Waals surface area contributed by atoms with Gasteiger partial charge in [-0.25, -0.2) is 14.5 Å². The van der Waals surface area contributed by atoms with Gasteiger partial charge in [0.1, 0.15) is 17.8 Å². The average Bonchev–Trinajstić information content (AvgIpc) is 3.62. The number of urea groups is 1. The second kappa shape index (κ2) is 12.8. The fourth-order valence-electron chi connectivity index (χ4n) is 4.49. The Bertz CT molecular complexity index is 1820. The van der Waals surface area contributed by atoms with Crippen LogP contribution in [-0.2, 0) is 6.54 Å². The molecule has 0 aliphatic heterocycles. The van der Waals surface area contributed by atoms with Crippen LogP contribution >= 0.6 is 11.3 Å². The van der Waals surface area contributed by atoms with E-state index in [-0.39, 0.29) is 18.2 Å². The van der Waals surface area contributed by atoms with Crippen LogP contribution in [0.5, 0.6) is 11.5 Å². The number of alkyl halides is 3. The van der Waals surface area contributed by atoms with E-state index in [2.05, 4.69) is 39.0 Å². The minimum absolute atomic E-state index is 0.254. The van der Waals surface area contributed by atoms with Crippen LogP contribution in [0.1, 0.15) is 36.6 Å². The van der Waals surface area contributed by atoms with Gasteiger partial charge in [0, 0.05) is 29.2 Å². The van der Waals surface area contributed by atoms with E-state index in [1.165, 1.54) is 46.6 Å². The topological polar surface area (TPSA) is 95.6 Å². The maximum Gasteiger partial charge on any atom is 0.573 e. The number of nitrogens with zero attached hydrogens (tertiary/aromatic N) is 5. The van der Waals surface area contributed by atoms with Crippen molar-refractivity contribution in [3.63, 3.8) is 0 Å². The lowest BCUT2D eigenvalue weighted by Gasteiger charge is -2.16. The van der Waals surface area contributed by atoms with E-state index >= 15 is 0 Å². The molecular formula is C31H29F3N6O3S. The number of carbonyl (C=O) groups is 1. The van der Waals surface area contributed by atoms with Gasteiger partial charge >= 0.3 is 12.4 Å².